The van der Waals surface area contributed by atoms with E-state index in [0.717, 1.165) is 11.4 Å². The molecule has 8 nitrogen and oxygen atoms in total. The molecule has 0 saturated heterocycles. The van der Waals surface area contributed by atoms with Crippen molar-refractivity contribution in [3.63, 3.8) is 0 Å². The van der Waals surface area contributed by atoms with Crippen LogP contribution in [-0.2, 0) is 4.79 Å². The zero-order chi connectivity index (χ0) is 22.2. The number of amides is 2. The van der Waals surface area contributed by atoms with Crippen molar-refractivity contribution in [2.45, 2.75) is 13.8 Å². The molecule has 3 aromatic rings. The predicted molar refractivity (Wildman–Crippen MR) is 120 cm³/mol. The molecule has 0 fully saturated rings. The summed E-state index contributed by atoms with van der Waals surface area (Å²) in [4.78, 5) is 28.8. The highest BCUT2D eigenvalue weighted by atomic mass is 32.1. The number of benzene rings is 2. The maximum absolute atomic E-state index is 12.4. The number of methoxy groups -OCH3 is 1. The van der Waals surface area contributed by atoms with Crippen LogP contribution in [0.1, 0.15) is 23.0 Å². The van der Waals surface area contributed by atoms with Crippen molar-refractivity contribution < 1.29 is 23.8 Å². The molecular weight excluding hydrogens is 418 g/mol. The average Bonchev–Trinajstić information content (AvgIpc) is 3.18. The number of nitrogens with zero attached hydrogens (tertiary/aromatic N) is 1. The third-order valence-corrected chi connectivity index (χ3v) is 4.95. The molecule has 1 aromatic heterocycles. The standard InChI is InChI=1S/C22H23N3O5S/c1-4-29-17-8-6-16(7-9-17)24-20(26)12-30-18-10-5-15(11-19(18)28-3)21(27)25-22-23-14(2)13-31-22/h5-11,13H,4,12H2,1-3H3,(H,24,26)(H,23,25,27). The third kappa shape index (κ3) is 6.19. The molecule has 0 atom stereocenters. The van der Waals surface area contributed by atoms with Gasteiger partial charge in [0.15, 0.2) is 23.2 Å². The fourth-order valence-electron chi connectivity index (χ4n) is 2.65. The maximum atomic E-state index is 12.4. The number of carbonyl (C=O) groups excluding carboxylic acids is 2. The summed E-state index contributed by atoms with van der Waals surface area (Å²) in [5.41, 5.74) is 1.86. The van der Waals surface area contributed by atoms with Gasteiger partial charge in [0.2, 0.25) is 0 Å². The second kappa shape index (κ2) is 10.4. The second-order valence-electron chi connectivity index (χ2n) is 6.41. The van der Waals surface area contributed by atoms with E-state index in [0.29, 0.717) is 34.5 Å². The fourth-order valence-corrected chi connectivity index (χ4v) is 3.33. The van der Waals surface area contributed by atoms with Crippen LogP contribution in [0.5, 0.6) is 17.2 Å². The number of ether oxygens (including phenoxy) is 3. The van der Waals surface area contributed by atoms with Gasteiger partial charge in [-0.2, -0.15) is 0 Å². The van der Waals surface area contributed by atoms with Gasteiger partial charge >= 0.3 is 0 Å². The first kappa shape index (κ1) is 22.1. The summed E-state index contributed by atoms with van der Waals surface area (Å²) in [6.07, 6.45) is 0. The summed E-state index contributed by atoms with van der Waals surface area (Å²) in [5, 5.41) is 7.86. The number of rotatable bonds is 9. The van der Waals surface area contributed by atoms with Crippen molar-refractivity contribution >= 4 is 34.0 Å². The number of thiazole rings is 1. The Kier molecular flexibility index (Phi) is 7.45. The normalized spacial score (nSPS) is 10.3. The number of carbonyl (C=O) groups is 2. The highest BCUT2D eigenvalue weighted by molar-refractivity contribution is 7.13. The van der Waals surface area contributed by atoms with E-state index in [4.69, 9.17) is 14.2 Å². The van der Waals surface area contributed by atoms with E-state index in [1.807, 2.05) is 19.2 Å². The molecule has 9 heteroatoms. The zero-order valence-electron chi connectivity index (χ0n) is 17.4. The molecule has 1 heterocycles. The van der Waals surface area contributed by atoms with Crippen LogP contribution in [0.15, 0.2) is 47.8 Å². The van der Waals surface area contributed by atoms with Gasteiger partial charge in [-0.05, 0) is 56.3 Å². The monoisotopic (exact) mass is 441 g/mol. The lowest BCUT2D eigenvalue weighted by atomic mass is 10.2. The first-order chi connectivity index (χ1) is 15.0. The summed E-state index contributed by atoms with van der Waals surface area (Å²) in [6.45, 7) is 4.12. The molecule has 0 unspecified atom stereocenters. The number of aryl methyl sites for hydroxylation is 1. The van der Waals surface area contributed by atoms with Gasteiger partial charge in [0.05, 0.1) is 19.4 Å². The van der Waals surface area contributed by atoms with Crippen LogP contribution < -0.4 is 24.8 Å². The number of anilines is 2. The summed E-state index contributed by atoms with van der Waals surface area (Å²) < 4.78 is 16.3. The van der Waals surface area contributed by atoms with E-state index in [9.17, 15) is 9.59 Å². The van der Waals surface area contributed by atoms with Crippen molar-refractivity contribution in [3.05, 3.63) is 59.1 Å². The van der Waals surface area contributed by atoms with Crippen LogP contribution in [0.2, 0.25) is 0 Å². The average molecular weight is 442 g/mol. The molecule has 0 bridgehead atoms. The van der Waals surface area contributed by atoms with E-state index in [-0.39, 0.29) is 18.4 Å². The highest BCUT2D eigenvalue weighted by Crippen LogP contribution is 2.28. The molecular formula is C22H23N3O5S. The Morgan fingerprint density at radius 2 is 1.81 bits per heavy atom. The van der Waals surface area contributed by atoms with Gasteiger partial charge in [0.1, 0.15) is 5.75 Å². The summed E-state index contributed by atoms with van der Waals surface area (Å²) in [7, 11) is 1.47. The van der Waals surface area contributed by atoms with Crippen LogP contribution in [0, 0.1) is 6.92 Å². The minimum absolute atomic E-state index is 0.215. The van der Waals surface area contributed by atoms with Gasteiger partial charge in [-0.15, -0.1) is 11.3 Å². The summed E-state index contributed by atoms with van der Waals surface area (Å²) >= 11 is 1.35. The van der Waals surface area contributed by atoms with Crippen LogP contribution in [0.3, 0.4) is 0 Å². The molecule has 0 spiro atoms. The van der Waals surface area contributed by atoms with Crippen molar-refractivity contribution in [2.24, 2.45) is 0 Å². The molecule has 3 rings (SSSR count). The van der Waals surface area contributed by atoms with Crippen LogP contribution >= 0.6 is 11.3 Å². The third-order valence-electron chi connectivity index (χ3n) is 4.07. The summed E-state index contributed by atoms with van der Waals surface area (Å²) in [6, 6.07) is 11.8. The summed E-state index contributed by atoms with van der Waals surface area (Å²) in [5.74, 6) is 0.790. The lowest BCUT2D eigenvalue weighted by molar-refractivity contribution is -0.118. The number of aromatic nitrogens is 1. The Bertz CT molecular complexity index is 1050. The van der Waals surface area contributed by atoms with E-state index < -0.39 is 0 Å². The van der Waals surface area contributed by atoms with Crippen LogP contribution in [0.4, 0.5) is 10.8 Å². The van der Waals surface area contributed by atoms with Gasteiger partial charge in [0, 0.05) is 16.6 Å². The molecule has 31 heavy (non-hydrogen) atoms. The molecule has 0 aliphatic rings. The van der Waals surface area contributed by atoms with E-state index in [1.165, 1.54) is 18.4 Å². The van der Waals surface area contributed by atoms with Gasteiger partial charge < -0.3 is 19.5 Å². The van der Waals surface area contributed by atoms with Gasteiger partial charge in [0.25, 0.3) is 11.8 Å². The molecule has 2 aromatic carbocycles. The van der Waals surface area contributed by atoms with E-state index in [2.05, 4.69) is 15.6 Å². The molecule has 0 aliphatic carbocycles. The van der Waals surface area contributed by atoms with Gasteiger partial charge in [-0.1, -0.05) is 0 Å². The largest absolute Gasteiger partial charge is 0.494 e. The molecule has 0 radical (unpaired) electrons. The minimum atomic E-state index is -0.327. The smallest absolute Gasteiger partial charge is 0.262 e. The lowest BCUT2D eigenvalue weighted by Gasteiger charge is -2.12. The van der Waals surface area contributed by atoms with Crippen LogP contribution in [-0.4, -0.2) is 37.1 Å². The number of hydrogen-bond donors (Lipinski definition) is 2. The highest BCUT2D eigenvalue weighted by Gasteiger charge is 2.14. The van der Waals surface area contributed by atoms with Crippen molar-refractivity contribution in [2.75, 3.05) is 31.0 Å². The van der Waals surface area contributed by atoms with Crippen molar-refractivity contribution in [3.8, 4) is 17.2 Å². The number of nitrogens with one attached hydrogen (secondary N) is 2. The Labute approximate surface area is 184 Å². The van der Waals surface area contributed by atoms with Crippen molar-refractivity contribution in [1.29, 1.82) is 0 Å². The fraction of sp³-hybridized carbons (Fsp3) is 0.227. The first-order valence-electron chi connectivity index (χ1n) is 9.55. The van der Waals surface area contributed by atoms with Crippen LogP contribution in [0.25, 0.3) is 0 Å². The maximum Gasteiger partial charge on any atom is 0.262 e. The first-order valence-corrected chi connectivity index (χ1v) is 10.4. The van der Waals surface area contributed by atoms with E-state index in [1.54, 1.807) is 42.5 Å². The Balaban J connectivity index is 1.58. The minimum Gasteiger partial charge on any atom is -0.494 e. The Morgan fingerprint density at radius 3 is 2.45 bits per heavy atom. The number of hydrogen-bond acceptors (Lipinski definition) is 7. The second-order valence-corrected chi connectivity index (χ2v) is 7.27. The quantitative estimate of drug-likeness (QED) is 0.518. The van der Waals surface area contributed by atoms with Gasteiger partial charge in [-0.25, -0.2) is 4.98 Å². The molecule has 0 aliphatic heterocycles. The van der Waals surface area contributed by atoms with Gasteiger partial charge in [-0.3, -0.25) is 14.9 Å². The predicted octanol–water partition coefficient (Wildman–Crippen LogP) is 4.13. The Morgan fingerprint density at radius 1 is 1.03 bits per heavy atom. The molecule has 2 N–H and O–H groups in total. The SMILES string of the molecule is CCOc1ccc(NC(=O)COc2ccc(C(=O)Nc3nc(C)cs3)cc2OC)cc1. The Hall–Kier alpha value is -3.59. The topological polar surface area (TPSA) is 98.8 Å². The van der Waals surface area contributed by atoms with E-state index >= 15 is 0 Å². The van der Waals surface area contributed by atoms with Crippen molar-refractivity contribution in [1.82, 2.24) is 4.98 Å². The molecule has 162 valence electrons. The zero-order valence-corrected chi connectivity index (χ0v) is 18.2. The molecule has 2 amide bonds. The lowest BCUT2D eigenvalue weighted by Crippen LogP contribution is -2.20. The molecule has 0 saturated carbocycles.